The molecule has 4 heteroatoms. The highest BCUT2D eigenvalue weighted by atomic mass is 15.0. The van der Waals surface area contributed by atoms with Crippen LogP contribution < -0.4 is 5.32 Å². The minimum absolute atomic E-state index is 0.479. The van der Waals surface area contributed by atoms with Crippen LogP contribution in [0.1, 0.15) is 23.0 Å². The molecule has 1 aromatic carbocycles. The van der Waals surface area contributed by atoms with Gasteiger partial charge in [0.05, 0.1) is 5.52 Å². The number of fused-ring (bicyclic) bond motifs is 2. The van der Waals surface area contributed by atoms with Crippen LogP contribution in [0.5, 0.6) is 0 Å². The molecular formula is C16H16N4. The van der Waals surface area contributed by atoms with Gasteiger partial charge in [-0.25, -0.2) is 9.97 Å². The molecule has 2 N–H and O–H groups in total. The molecule has 3 aromatic rings. The molecule has 0 aliphatic carbocycles. The minimum Gasteiger partial charge on any atom is -0.384 e. The van der Waals surface area contributed by atoms with Crippen LogP contribution in [0, 0.1) is 6.92 Å². The van der Waals surface area contributed by atoms with E-state index in [1.807, 2.05) is 13.0 Å². The van der Waals surface area contributed by atoms with Gasteiger partial charge in [0.2, 0.25) is 0 Å². The number of anilines is 1. The quantitative estimate of drug-likeness (QED) is 0.748. The lowest BCUT2D eigenvalue weighted by molar-refractivity contribution is 0.723. The summed E-state index contributed by atoms with van der Waals surface area (Å²) in [4.78, 5) is 12.5. The van der Waals surface area contributed by atoms with Gasteiger partial charge in [0.1, 0.15) is 5.82 Å². The molecule has 1 atom stereocenters. The molecule has 1 unspecified atom stereocenters. The Morgan fingerprint density at radius 2 is 2.05 bits per heavy atom. The number of aromatic amines is 1. The number of rotatable bonds is 2. The smallest absolute Gasteiger partial charge is 0.177 e. The fourth-order valence-corrected chi connectivity index (χ4v) is 2.91. The van der Waals surface area contributed by atoms with Crippen LogP contribution in [0.2, 0.25) is 0 Å². The van der Waals surface area contributed by atoms with Crippen LogP contribution in [0.25, 0.3) is 11.2 Å². The molecule has 0 spiro atoms. The largest absolute Gasteiger partial charge is 0.384 e. The van der Waals surface area contributed by atoms with Crippen molar-refractivity contribution in [2.45, 2.75) is 19.3 Å². The van der Waals surface area contributed by atoms with Gasteiger partial charge in [-0.2, -0.15) is 0 Å². The number of aromatic nitrogens is 3. The third-order valence-corrected chi connectivity index (χ3v) is 3.91. The van der Waals surface area contributed by atoms with Crippen molar-refractivity contribution in [2.24, 2.45) is 0 Å². The third-order valence-electron chi connectivity index (χ3n) is 3.91. The van der Waals surface area contributed by atoms with E-state index in [4.69, 9.17) is 0 Å². The Hall–Kier alpha value is -2.36. The van der Waals surface area contributed by atoms with Gasteiger partial charge in [-0.05, 0) is 30.7 Å². The Bertz CT molecular complexity index is 775. The van der Waals surface area contributed by atoms with Crippen molar-refractivity contribution in [1.82, 2.24) is 15.0 Å². The number of pyridine rings is 1. The Kier molecular flexibility index (Phi) is 2.49. The van der Waals surface area contributed by atoms with Gasteiger partial charge in [-0.15, -0.1) is 0 Å². The average molecular weight is 264 g/mol. The van der Waals surface area contributed by atoms with Gasteiger partial charge in [0.25, 0.3) is 0 Å². The summed E-state index contributed by atoms with van der Waals surface area (Å²) in [6.07, 6.45) is 0.916. The summed E-state index contributed by atoms with van der Waals surface area (Å²) in [7, 11) is 0. The molecule has 4 nitrogen and oxygen atoms in total. The van der Waals surface area contributed by atoms with E-state index in [-0.39, 0.29) is 0 Å². The van der Waals surface area contributed by atoms with Gasteiger partial charge in [0, 0.05) is 30.3 Å². The van der Waals surface area contributed by atoms with Crippen molar-refractivity contribution in [1.29, 1.82) is 0 Å². The molecule has 2 aromatic heterocycles. The Morgan fingerprint density at radius 3 is 3.00 bits per heavy atom. The predicted octanol–water partition coefficient (Wildman–Crippen LogP) is 3.02. The van der Waals surface area contributed by atoms with Crippen molar-refractivity contribution < 1.29 is 0 Å². The highest BCUT2D eigenvalue weighted by molar-refractivity contribution is 5.70. The number of hydrogen-bond donors (Lipinski definition) is 2. The van der Waals surface area contributed by atoms with Crippen LogP contribution >= 0.6 is 0 Å². The van der Waals surface area contributed by atoms with E-state index in [0.29, 0.717) is 5.92 Å². The summed E-state index contributed by atoms with van der Waals surface area (Å²) >= 11 is 0. The zero-order valence-electron chi connectivity index (χ0n) is 11.4. The van der Waals surface area contributed by atoms with Crippen molar-refractivity contribution in [3.8, 4) is 0 Å². The van der Waals surface area contributed by atoms with Crippen molar-refractivity contribution in [3.05, 3.63) is 53.5 Å². The summed E-state index contributed by atoms with van der Waals surface area (Å²) in [5.74, 6) is 1.49. The number of nitrogens with one attached hydrogen (secondary N) is 2. The van der Waals surface area contributed by atoms with Crippen LogP contribution in [-0.2, 0) is 6.42 Å². The number of imidazole rings is 1. The van der Waals surface area contributed by atoms with Gasteiger partial charge in [-0.3, -0.25) is 0 Å². The maximum Gasteiger partial charge on any atom is 0.177 e. The van der Waals surface area contributed by atoms with Gasteiger partial charge in [-0.1, -0.05) is 18.2 Å². The fourth-order valence-electron chi connectivity index (χ4n) is 2.91. The van der Waals surface area contributed by atoms with E-state index in [2.05, 4.69) is 50.6 Å². The van der Waals surface area contributed by atoms with E-state index in [1.165, 1.54) is 11.3 Å². The molecule has 20 heavy (non-hydrogen) atoms. The zero-order valence-corrected chi connectivity index (χ0v) is 11.4. The average Bonchev–Trinajstić information content (AvgIpc) is 3.03. The van der Waals surface area contributed by atoms with E-state index < -0.39 is 0 Å². The first-order valence-electron chi connectivity index (χ1n) is 6.94. The van der Waals surface area contributed by atoms with Gasteiger partial charge in [0.15, 0.2) is 5.65 Å². The summed E-state index contributed by atoms with van der Waals surface area (Å²) < 4.78 is 0. The van der Waals surface area contributed by atoms with E-state index in [0.717, 1.165) is 35.6 Å². The molecule has 0 radical (unpaired) electrons. The minimum atomic E-state index is 0.479. The fraction of sp³-hybridized carbons (Fsp3) is 0.250. The Labute approximate surface area is 117 Å². The number of nitrogens with zero attached hydrogens (tertiary/aromatic N) is 2. The van der Waals surface area contributed by atoms with Gasteiger partial charge >= 0.3 is 0 Å². The lowest BCUT2D eigenvalue weighted by Crippen LogP contribution is -2.06. The second kappa shape index (κ2) is 4.34. The number of para-hydroxylation sites is 1. The molecule has 1 aliphatic heterocycles. The zero-order chi connectivity index (χ0) is 13.5. The van der Waals surface area contributed by atoms with Crippen LogP contribution in [-0.4, -0.2) is 21.5 Å². The first kappa shape index (κ1) is 11.5. The molecular weight excluding hydrogens is 248 g/mol. The van der Waals surface area contributed by atoms with Crippen LogP contribution in [0.4, 0.5) is 5.69 Å². The Morgan fingerprint density at radius 1 is 1.15 bits per heavy atom. The lowest BCUT2D eigenvalue weighted by atomic mass is 9.98. The monoisotopic (exact) mass is 264 g/mol. The maximum atomic E-state index is 4.62. The number of benzene rings is 1. The molecule has 0 saturated heterocycles. The standard InChI is InChI=1S/C16H16N4/c1-10-6-7-14-16(18-10)20-15(19-14)8-11-9-17-13-5-3-2-4-12(11)13/h2-7,11,17H,8-9H2,1H3,(H,18,19,20). The van der Waals surface area contributed by atoms with Crippen molar-refractivity contribution in [2.75, 3.05) is 11.9 Å². The number of hydrogen-bond acceptors (Lipinski definition) is 3. The molecule has 0 saturated carbocycles. The normalized spacial score (nSPS) is 17.1. The maximum absolute atomic E-state index is 4.62. The van der Waals surface area contributed by atoms with Crippen LogP contribution in [0.3, 0.4) is 0 Å². The lowest BCUT2D eigenvalue weighted by Gasteiger charge is -2.07. The summed E-state index contributed by atoms with van der Waals surface area (Å²) in [5, 5.41) is 3.46. The highest BCUT2D eigenvalue weighted by Crippen LogP contribution is 2.33. The Balaban J connectivity index is 1.65. The SMILES string of the molecule is Cc1ccc2[nH]c(CC3CNc4ccccc43)nc2n1. The highest BCUT2D eigenvalue weighted by Gasteiger charge is 2.22. The third kappa shape index (κ3) is 1.84. The van der Waals surface area contributed by atoms with E-state index >= 15 is 0 Å². The first-order valence-corrected chi connectivity index (χ1v) is 6.94. The summed E-state index contributed by atoms with van der Waals surface area (Å²) in [5.41, 5.74) is 5.48. The molecule has 0 amide bonds. The van der Waals surface area contributed by atoms with Crippen molar-refractivity contribution >= 4 is 16.9 Å². The molecule has 100 valence electrons. The molecule has 0 fully saturated rings. The molecule has 4 rings (SSSR count). The second-order valence-electron chi connectivity index (χ2n) is 5.38. The van der Waals surface area contributed by atoms with E-state index in [1.54, 1.807) is 0 Å². The summed E-state index contributed by atoms with van der Waals surface area (Å²) in [6, 6.07) is 12.6. The first-order chi connectivity index (χ1) is 9.79. The van der Waals surface area contributed by atoms with Gasteiger partial charge < -0.3 is 10.3 Å². The number of H-pyrrole nitrogens is 1. The predicted molar refractivity (Wildman–Crippen MR) is 80.0 cm³/mol. The molecule has 3 heterocycles. The molecule has 1 aliphatic rings. The number of aryl methyl sites for hydroxylation is 1. The topological polar surface area (TPSA) is 53.6 Å². The summed E-state index contributed by atoms with van der Waals surface area (Å²) in [6.45, 7) is 2.97. The molecule has 0 bridgehead atoms. The second-order valence-corrected chi connectivity index (χ2v) is 5.38. The van der Waals surface area contributed by atoms with Crippen LogP contribution in [0.15, 0.2) is 36.4 Å². The van der Waals surface area contributed by atoms with E-state index in [9.17, 15) is 0 Å². The van der Waals surface area contributed by atoms with Crippen molar-refractivity contribution in [3.63, 3.8) is 0 Å².